The molecule has 39 heavy (non-hydrogen) atoms. The maximum absolute atomic E-state index is 13.4. The van der Waals surface area contributed by atoms with Crippen molar-refractivity contribution in [1.29, 1.82) is 0 Å². The number of nitrogens with one attached hydrogen (secondary N) is 2. The van der Waals surface area contributed by atoms with Crippen molar-refractivity contribution in [2.75, 3.05) is 26.7 Å². The predicted molar refractivity (Wildman–Crippen MR) is 149 cm³/mol. The van der Waals surface area contributed by atoms with E-state index in [0.717, 1.165) is 68.6 Å². The summed E-state index contributed by atoms with van der Waals surface area (Å²) in [5.41, 5.74) is 1.19. The Morgan fingerprint density at radius 2 is 1.72 bits per heavy atom. The van der Waals surface area contributed by atoms with Crippen LogP contribution in [0.25, 0.3) is 0 Å². The van der Waals surface area contributed by atoms with Crippen molar-refractivity contribution in [3.63, 3.8) is 0 Å². The van der Waals surface area contributed by atoms with Crippen LogP contribution in [0.15, 0.2) is 54.6 Å². The highest BCUT2D eigenvalue weighted by Crippen LogP contribution is 2.31. The van der Waals surface area contributed by atoms with Crippen LogP contribution in [0.4, 0.5) is 4.79 Å². The van der Waals surface area contributed by atoms with Gasteiger partial charge >= 0.3 is 6.03 Å². The topological polar surface area (TPSA) is 91.0 Å². The number of hydrogen-bond donors (Lipinski definition) is 2. The maximum atomic E-state index is 13.4. The van der Waals surface area contributed by atoms with Crippen LogP contribution < -0.4 is 15.4 Å². The third-order valence-corrected chi connectivity index (χ3v) is 8.68. The average molecular weight is 533 g/mol. The summed E-state index contributed by atoms with van der Waals surface area (Å²) in [6, 6.07) is 17.3. The zero-order valence-corrected chi connectivity index (χ0v) is 22.9. The predicted octanol–water partition coefficient (Wildman–Crippen LogP) is 4.41. The number of nitrogens with zero attached hydrogens (tertiary/aromatic N) is 2. The normalized spacial score (nSPS) is 20.6. The van der Waals surface area contributed by atoms with Crippen molar-refractivity contribution in [2.45, 2.75) is 69.5 Å². The average Bonchev–Trinajstić information content (AvgIpc) is 3.21. The van der Waals surface area contributed by atoms with Gasteiger partial charge in [-0.3, -0.25) is 14.5 Å². The summed E-state index contributed by atoms with van der Waals surface area (Å²) in [6.07, 6.45) is 7.44. The van der Waals surface area contributed by atoms with E-state index in [0.29, 0.717) is 12.8 Å². The largest absolute Gasteiger partial charge is 0.497 e. The number of carbonyl (C=O) groups is 3. The van der Waals surface area contributed by atoms with Gasteiger partial charge in [0.25, 0.3) is 5.91 Å². The zero-order valence-electron chi connectivity index (χ0n) is 22.9. The lowest BCUT2D eigenvalue weighted by molar-refractivity contribution is -0.133. The van der Waals surface area contributed by atoms with Crippen LogP contribution in [0.2, 0.25) is 0 Å². The number of rotatable bonds is 9. The quantitative estimate of drug-likeness (QED) is 0.467. The minimum atomic E-state index is -0.825. The van der Waals surface area contributed by atoms with Gasteiger partial charge in [-0.05, 0) is 55.4 Å². The summed E-state index contributed by atoms with van der Waals surface area (Å²) in [7, 11) is 1.61. The molecule has 1 aliphatic carbocycles. The molecule has 2 aliphatic heterocycles. The smallest absolute Gasteiger partial charge is 0.325 e. The molecule has 0 aromatic heterocycles. The minimum Gasteiger partial charge on any atom is -0.497 e. The summed E-state index contributed by atoms with van der Waals surface area (Å²) in [5.74, 6) is 0.905. The van der Waals surface area contributed by atoms with Gasteiger partial charge in [-0.25, -0.2) is 4.79 Å². The number of likely N-dealkylation sites (tertiary alicyclic amines) is 1. The first kappa shape index (κ1) is 27.2. The van der Waals surface area contributed by atoms with Crippen molar-refractivity contribution < 1.29 is 19.1 Å². The van der Waals surface area contributed by atoms with Gasteiger partial charge in [0.05, 0.1) is 19.7 Å². The Hall–Kier alpha value is -3.39. The van der Waals surface area contributed by atoms with Crippen LogP contribution in [0, 0.1) is 5.92 Å². The molecule has 4 amide bonds. The van der Waals surface area contributed by atoms with Crippen molar-refractivity contribution in [3.05, 3.63) is 65.7 Å². The van der Waals surface area contributed by atoms with Gasteiger partial charge in [0.1, 0.15) is 11.3 Å². The molecule has 0 unspecified atom stereocenters. The number of ether oxygens (including phenoxy) is 1. The van der Waals surface area contributed by atoms with Gasteiger partial charge in [0.15, 0.2) is 0 Å². The van der Waals surface area contributed by atoms with E-state index in [1.165, 1.54) is 11.3 Å². The van der Waals surface area contributed by atoms with Gasteiger partial charge < -0.3 is 20.3 Å². The second-order valence-electron chi connectivity index (χ2n) is 11.2. The molecule has 8 heteroatoms. The molecular weight excluding hydrogens is 492 g/mol. The molecule has 2 aromatic carbocycles. The van der Waals surface area contributed by atoms with Crippen molar-refractivity contribution in [2.24, 2.45) is 5.92 Å². The van der Waals surface area contributed by atoms with E-state index in [-0.39, 0.29) is 36.3 Å². The van der Waals surface area contributed by atoms with Crippen molar-refractivity contribution in [3.8, 4) is 5.75 Å². The number of carbonyl (C=O) groups excluding carboxylic acids is 3. The molecular formula is C31H40N4O4. The summed E-state index contributed by atoms with van der Waals surface area (Å²) < 4.78 is 5.20. The van der Waals surface area contributed by atoms with Crippen LogP contribution in [-0.2, 0) is 16.1 Å². The van der Waals surface area contributed by atoms with Crippen LogP contribution >= 0.6 is 0 Å². The van der Waals surface area contributed by atoms with Gasteiger partial charge in [-0.15, -0.1) is 0 Å². The van der Waals surface area contributed by atoms with E-state index in [9.17, 15) is 14.4 Å². The third-order valence-electron chi connectivity index (χ3n) is 8.68. The Labute approximate surface area is 231 Å². The van der Waals surface area contributed by atoms with E-state index in [1.54, 1.807) is 7.11 Å². The van der Waals surface area contributed by atoms with Gasteiger partial charge in [0.2, 0.25) is 5.91 Å². The second kappa shape index (κ2) is 12.2. The molecule has 8 nitrogen and oxygen atoms in total. The Morgan fingerprint density at radius 3 is 2.38 bits per heavy atom. The van der Waals surface area contributed by atoms with Gasteiger partial charge in [-0.2, -0.15) is 0 Å². The molecule has 3 aliphatic rings. The molecule has 5 rings (SSSR count). The van der Waals surface area contributed by atoms with Crippen LogP contribution in [0.3, 0.4) is 0 Å². The molecule has 2 N–H and O–H groups in total. The highest BCUT2D eigenvalue weighted by molar-refractivity contribution is 6.07. The minimum absolute atomic E-state index is 0.0377. The molecule has 0 bridgehead atoms. The first-order valence-electron chi connectivity index (χ1n) is 14.3. The molecule has 2 heterocycles. The van der Waals surface area contributed by atoms with Gasteiger partial charge in [-0.1, -0.05) is 61.7 Å². The first-order valence-corrected chi connectivity index (χ1v) is 14.3. The SMILES string of the molecule is COc1ccc(CN2C(=O)NC3(CCN(CC[C@H](NC(=O)C4CCCCC4)c4ccccc4)CC3)C2=O)cc1. The second-order valence-corrected chi connectivity index (χ2v) is 11.2. The number of imide groups is 1. The molecule has 2 saturated heterocycles. The van der Waals surface area contributed by atoms with E-state index in [2.05, 4.69) is 27.7 Å². The summed E-state index contributed by atoms with van der Waals surface area (Å²) >= 11 is 0. The standard InChI is InChI=1S/C31H40N4O4/c1-39-26-14-12-23(13-15-26)22-35-29(37)31(33-30(35)38)17-20-34(21-18-31)19-16-27(24-8-4-2-5-9-24)32-28(36)25-10-6-3-7-11-25/h2,4-5,8-9,12-15,25,27H,3,6-7,10-11,16-22H2,1H3,(H,32,36)(H,33,38)/t27-/m0/s1. The highest BCUT2D eigenvalue weighted by Gasteiger charge is 2.52. The monoisotopic (exact) mass is 532 g/mol. The third kappa shape index (κ3) is 6.27. The lowest BCUT2D eigenvalue weighted by Gasteiger charge is -2.38. The van der Waals surface area contributed by atoms with E-state index in [4.69, 9.17) is 4.74 Å². The Bertz CT molecular complexity index is 1140. The zero-order chi connectivity index (χ0) is 27.2. The van der Waals surface area contributed by atoms with E-state index in [1.807, 2.05) is 42.5 Å². The highest BCUT2D eigenvalue weighted by atomic mass is 16.5. The Balaban J connectivity index is 1.16. The van der Waals surface area contributed by atoms with E-state index >= 15 is 0 Å². The molecule has 2 aromatic rings. The number of benzene rings is 2. The Morgan fingerprint density at radius 1 is 1.03 bits per heavy atom. The van der Waals surface area contributed by atoms with Crippen LogP contribution in [0.5, 0.6) is 5.75 Å². The first-order chi connectivity index (χ1) is 19.0. The van der Waals surface area contributed by atoms with Crippen molar-refractivity contribution in [1.82, 2.24) is 20.4 Å². The number of amides is 4. The number of methoxy groups -OCH3 is 1. The maximum Gasteiger partial charge on any atom is 0.325 e. The molecule has 3 fully saturated rings. The summed E-state index contributed by atoms with van der Waals surface area (Å²) in [5, 5.41) is 6.36. The molecule has 1 saturated carbocycles. The number of urea groups is 1. The molecule has 1 atom stereocenters. The summed E-state index contributed by atoms with van der Waals surface area (Å²) in [4.78, 5) is 42.9. The number of hydrogen-bond acceptors (Lipinski definition) is 5. The molecule has 208 valence electrons. The fraction of sp³-hybridized carbons (Fsp3) is 0.516. The molecule has 0 radical (unpaired) electrons. The summed E-state index contributed by atoms with van der Waals surface area (Å²) in [6.45, 7) is 2.51. The lowest BCUT2D eigenvalue weighted by Crippen LogP contribution is -2.55. The Kier molecular flexibility index (Phi) is 8.50. The number of piperidine rings is 1. The van der Waals surface area contributed by atoms with Crippen LogP contribution in [-0.4, -0.2) is 59.9 Å². The van der Waals surface area contributed by atoms with E-state index < -0.39 is 5.54 Å². The van der Waals surface area contributed by atoms with Crippen LogP contribution in [0.1, 0.15) is 68.5 Å². The fourth-order valence-electron chi connectivity index (χ4n) is 6.20. The molecule has 1 spiro atoms. The lowest BCUT2D eigenvalue weighted by atomic mass is 9.87. The van der Waals surface area contributed by atoms with Gasteiger partial charge in [0, 0.05) is 25.6 Å². The van der Waals surface area contributed by atoms with Crippen molar-refractivity contribution >= 4 is 17.8 Å². The fourth-order valence-corrected chi connectivity index (χ4v) is 6.20.